The second kappa shape index (κ2) is 10.9. The highest BCUT2D eigenvalue weighted by Crippen LogP contribution is 2.36. The number of hydrogen-bond donors (Lipinski definition) is 3. The largest absolute Gasteiger partial charge is 0.507 e. The number of phenolic OH excluding ortho intramolecular Hbond substituents is 2. The highest BCUT2D eigenvalue weighted by atomic mass is 16.6. The van der Waals surface area contributed by atoms with Crippen molar-refractivity contribution in [2.45, 2.75) is 27.0 Å². The van der Waals surface area contributed by atoms with Gasteiger partial charge in [0, 0.05) is 17.2 Å². The molecule has 0 spiro atoms. The fraction of sp³-hybridized carbons (Fsp3) is 0.154. The molecule has 0 aromatic heterocycles. The van der Waals surface area contributed by atoms with Crippen LogP contribution in [0.4, 0.5) is 17.1 Å². The normalized spacial score (nSPS) is 12.4. The van der Waals surface area contributed by atoms with Gasteiger partial charge < -0.3 is 20.3 Å². The highest BCUT2D eigenvalue weighted by molar-refractivity contribution is 6.11. The number of phenols is 2. The van der Waals surface area contributed by atoms with Gasteiger partial charge in [0.15, 0.2) is 12.0 Å². The van der Waals surface area contributed by atoms with Gasteiger partial charge in [0.25, 0.3) is 0 Å². The number of anilines is 1. The Hall–Kier alpha value is -4.46. The van der Waals surface area contributed by atoms with Crippen molar-refractivity contribution in [3.05, 3.63) is 89.5 Å². The summed E-state index contributed by atoms with van der Waals surface area (Å²) < 4.78 is 5.35. The lowest BCUT2D eigenvalue weighted by molar-refractivity contribution is -0.142. The fourth-order valence-electron chi connectivity index (χ4n) is 2.98. The van der Waals surface area contributed by atoms with E-state index >= 15 is 0 Å². The van der Waals surface area contributed by atoms with Crippen LogP contribution in [0.5, 0.6) is 11.5 Å². The molecule has 0 amide bonds. The number of nitrogens with one attached hydrogen (secondary N) is 1. The minimum absolute atomic E-state index is 0.00932. The van der Waals surface area contributed by atoms with Crippen LogP contribution in [0, 0.1) is 0 Å². The first-order valence-corrected chi connectivity index (χ1v) is 10.6. The summed E-state index contributed by atoms with van der Waals surface area (Å²) in [4.78, 5) is 24.7. The van der Waals surface area contributed by atoms with E-state index in [2.05, 4.69) is 15.5 Å². The fourth-order valence-corrected chi connectivity index (χ4v) is 2.98. The van der Waals surface area contributed by atoms with Gasteiger partial charge in [0.1, 0.15) is 22.9 Å². The van der Waals surface area contributed by atoms with E-state index in [9.17, 15) is 19.8 Å². The summed E-state index contributed by atoms with van der Waals surface area (Å²) in [6.07, 6.45) is 1.02. The van der Waals surface area contributed by atoms with Crippen LogP contribution >= 0.6 is 0 Å². The van der Waals surface area contributed by atoms with E-state index in [1.807, 2.05) is 0 Å². The number of hydrogen-bond acceptors (Lipinski definition) is 8. The molecule has 8 nitrogen and oxygen atoms in total. The monoisotopic (exact) mass is 459 g/mol. The maximum absolute atomic E-state index is 12.8. The summed E-state index contributed by atoms with van der Waals surface area (Å²) in [7, 11) is 0. The first-order chi connectivity index (χ1) is 16.3. The molecule has 3 rings (SSSR count). The Bertz CT molecular complexity index is 1250. The summed E-state index contributed by atoms with van der Waals surface area (Å²) in [6.45, 7) is 5.10. The van der Waals surface area contributed by atoms with Gasteiger partial charge in [-0.05, 0) is 39.0 Å². The van der Waals surface area contributed by atoms with Gasteiger partial charge in [0.05, 0.1) is 11.3 Å². The predicted octanol–water partition coefficient (Wildman–Crippen LogP) is 6.01. The first kappa shape index (κ1) is 24.2. The zero-order chi connectivity index (χ0) is 24.7. The number of carbonyl (C=O) groups is 2. The molecule has 8 heteroatoms. The summed E-state index contributed by atoms with van der Waals surface area (Å²) in [5, 5.41) is 31.7. The number of benzene rings is 3. The standard InChI is InChI=1S/C26H25N3O5/c1-4-16(2)26(33)34-17(3)27-20-12-8-9-13-21(20)28-29-22-14-19(23(30)15-24(22)31)25(32)18-10-6-5-7-11-18/h4-15,17,27,30-31H,1-3H3/b16-4+,29-28?. The number of esters is 1. The smallest absolute Gasteiger partial charge is 0.335 e. The number of rotatable bonds is 8. The van der Waals surface area contributed by atoms with Crippen molar-refractivity contribution in [1.29, 1.82) is 0 Å². The molecule has 0 aliphatic rings. The summed E-state index contributed by atoms with van der Waals surface area (Å²) in [6, 6.07) is 17.8. The van der Waals surface area contributed by atoms with Crippen LogP contribution in [0.25, 0.3) is 0 Å². The lowest BCUT2D eigenvalue weighted by Gasteiger charge is -2.17. The molecule has 1 unspecified atom stereocenters. The van der Waals surface area contributed by atoms with Crippen molar-refractivity contribution in [3.8, 4) is 11.5 Å². The van der Waals surface area contributed by atoms with Gasteiger partial charge in [-0.1, -0.05) is 48.5 Å². The number of para-hydroxylation sites is 1. The van der Waals surface area contributed by atoms with Gasteiger partial charge in [-0.2, -0.15) is 0 Å². The Labute approximate surface area is 197 Å². The van der Waals surface area contributed by atoms with Crippen LogP contribution in [-0.4, -0.2) is 28.2 Å². The van der Waals surface area contributed by atoms with Gasteiger partial charge in [-0.15, -0.1) is 10.2 Å². The number of azo groups is 1. The molecule has 0 saturated heterocycles. The predicted molar refractivity (Wildman–Crippen MR) is 129 cm³/mol. The molecule has 0 heterocycles. The van der Waals surface area contributed by atoms with Crippen molar-refractivity contribution in [2.75, 3.05) is 5.32 Å². The zero-order valence-electron chi connectivity index (χ0n) is 19.0. The zero-order valence-corrected chi connectivity index (χ0v) is 19.0. The second-order valence-electron chi connectivity index (χ2n) is 7.43. The van der Waals surface area contributed by atoms with Crippen molar-refractivity contribution in [1.82, 2.24) is 0 Å². The van der Waals surface area contributed by atoms with Gasteiger partial charge >= 0.3 is 5.97 Å². The maximum Gasteiger partial charge on any atom is 0.335 e. The third-order valence-electron chi connectivity index (χ3n) is 4.94. The number of allylic oxidation sites excluding steroid dienone is 1. The Morgan fingerprint density at radius 1 is 0.941 bits per heavy atom. The van der Waals surface area contributed by atoms with E-state index < -0.39 is 18.0 Å². The Morgan fingerprint density at radius 2 is 1.59 bits per heavy atom. The Balaban J connectivity index is 1.85. The van der Waals surface area contributed by atoms with Crippen molar-refractivity contribution >= 4 is 28.8 Å². The SMILES string of the molecule is C/C=C(\C)C(=O)OC(C)Nc1ccccc1N=Nc1cc(C(=O)c2ccccc2)c(O)cc1O. The highest BCUT2D eigenvalue weighted by Gasteiger charge is 2.17. The molecule has 3 N–H and O–H groups in total. The molecule has 3 aromatic rings. The van der Waals surface area contributed by atoms with E-state index in [-0.39, 0.29) is 22.7 Å². The minimum atomic E-state index is -0.643. The third kappa shape index (κ3) is 5.86. The molecule has 3 aromatic carbocycles. The van der Waals surface area contributed by atoms with E-state index in [1.54, 1.807) is 81.4 Å². The van der Waals surface area contributed by atoms with Crippen molar-refractivity contribution in [2.24, 2.45) is 10.2 Å². The third-order valence-corrected chi connectivity index (χ3v) is 4.94. The van der Waals surface area contributed by atoms with E-state index in [0.717, 1.165) is 6.07 Å². The molecule has 0 aliphatic heterocycles. The van der Waals surface area contributed by atoms with Crippen LogP contribution in [0.3, 0.4) is 0 Å². The quantitative estimate of drug-likeness (QED) is 0.125. The molecular weight excluding hydrogens is 434 g/mol. The lowest BCUT2D eigenvalue weighted by Crippen LogP contribution is -2.23. The Kier molecular flexibility index (Phi) is 7.76. The number of aromatic hydroxyl groups is 2. The van der Waals surface area contributed by atoms with Crippen LogP contribution in [-0.2, 0) is 9.53 Å². The summed E-state index contributed by atoms with van der Waals surface area (Å²) in [5.41, 5.74) is 1.84. The van der Waals surface area contributed by atoms with E-state index in [1.165, 1.54) is 6.07 Å². The van der Waals surface area contributed by atoms with Gasteiger partial charge in [-0.25, -0.2) is 4.79 Å². The average molecular weight is 460 g/mol. The van der Waals surface area contributed by atoms with Crippen LogP contribution in [0.15, 0.2) is 88.6 Å². The first-order valence-electron chi connectivity index (χ1n) is 10.6. The molecule has 34 heavy (non-hydrogen) atoms. The summed E-state index contributed by atoms with van der Waals surface area (Å²) in [5.74, 6) is -1.55. The number of ether oxygens (including phenoxy) is 1. The molecule has 174 valence electrons. The average Bonchev–Trinajstić information content (AvgIpc) is 2.83. The molecule has 0 bridgehead atoms. The van der Waals surface area contributed by atoms with Crippen molar-refractivity contribution in [3.63, 3.8) is 0 Å². The maximum atomic E-state index is 12.8. The van der Waals surface area contributed by atoms with Crippen LogP contribution < -0.4 is 5.32 Å². The van der Waals surface area contributed by atoms with Crippen LogP contribution in [0.1, 0.15) is 36.7 Å². The molecular formula is C26H25N3O5. The number of carbonyl (C=O) groups excluding carboxylic acids is 2. The molecule has 0 fully saturated rings. The molecule has 0 radical (unpaired) electrons. The Morgan fingerprint density at radius 3 is 2.29 bits per heavy atom. The number of ketones is 1. The molecule has 0 saturated carbocycles. The van der Waals surface area contributed by atoms with Crippen molar-refractivity contribution < 1.29 is 24.5 Å². The lowest BCUT2D eigenvalue weighted by atomic mass is 10.0. The van der Waals surface area contributed by atoms with E-state index in [0.29, 0.717) is 22.5 Å². The summed E-state index contributed by atoms with van der Waals surface area (Å²) >= 11 is 0. The topological polar surface area (TPSA) is 121 Å². The molecule has 0 aliphatic carbocycles. The van der Waals surface area contributed by atoms with Gasteiger partial charge in [-0.3, -0.25) is 4.79 Å². The van der Waals surface area contributed by atoms with E-state index in [4.69, 9.17) is 4.74 Å². The minimum Gasteiger partial charge on any atom is -0.507 e. The molecule has 1 atom stereocenters. The van der Waals surface area contributed by atoms with Crippen LogP contribution in [0.2, 0.25) is 0 Å². The van der Waals surface area contributed by atoms with Gasteiger partial charge in [0.2, 0.25) is 0 Å². The number of nitrogens with zero attached hydrogens (tertiary/aromatic N) is 2. The second-order valence-corrected chi connectivity index (χ2v) is 7.43.